The molecule has 0 spiro atoms. The van der Waals surface area contributed by atoms with Crippen molar-refractivity contribution < 1.29 is 4.74 Å². The fraction of sp³-hybridized carbons (Fsp3) is 1.00. The highest BCUT2D eigenvalue weighted by Crippen LogP contribution is 2.19. The fourth-order valence-corrected chi connectivity index (χ4v) is 2.03. The number of rotatable bonds is 8. The molecule has 0 radical (unpaired) electrons. The van der Waals surface area contributed by atoms with Gasteiger partial charge in [-0.05, 0) is 33.6 Å². The minimum absolute atomic E-state index is 0.0472. The molecule has 0 saturated carbocycles. The molecule has 1 atom stereocenters. The molecule has 0 aliphatic rings. The van der Waals surface area contributed by atoms with Gasteiger partial charge in [0.15, 0.2) is 0 Å². The number of hydrogen-bond donors (Lipinski definition) is 1. The van der Waals surface area contributed by atoms with Gasteiger partial charge in [0.2, 0.25) is 0 Å². The molecule has 16 heavy (non-hydrogen) atoms. The van der Waals surface area contributed by atoms with Crippen LogP contribution in [0.25, 0.3) is 0 Å². The lowest BCUT2D eigenvalue weighted by molar-refractivity contribution is -0.0122. The van der Waals surface area contributed by atoms with Crippen LogP contribution in [-0.4, -0.2) is 42.8 Å². The van der Waals surface area contributed by atoms with Crippen LogP contribution in [0.15, 0.2) is 0 Å². The van der Waals surface area contributed by atoms with Gasteiger partial charge in [0.1, 0.15) is 0 Å². The SMILES string of the molecule is CCOCC(C)(CN)N(CC(C)C)C(C)C. The molecule has 0 aromatic carbocycles. The molecule has 0 aromatic rings. The summed E-state index contributed by atoms with van der Waals surface area (Å²) in [7, 11) is 0. The van der Waals surface area contributed by atoms with Crippen LogP contribution in [0.5, 0.6) is 0 Å². The Hall–Kier alpha value is -0.120. The van der Waals surface area contributed by atoms with Crippen molar-refractivity contribution in [2.45, 2.75) is 53.1 Å². The molecule has 0 fully saturated rings. The molecule has 0 saturated heterocycles. The van der Waals surface area contributed by atoms with E-state index in [1.165, 1.54) is 0 Å². The van der Waals surface area contributed by atoms with Crippen LogP contribution in [0.1, 0.15) is 41.5 Å². The molecule has 98 valence electrons. The maximum atomic E-state index is 5.94. The van der Waals surface area contributed by atoms with Gasteiger partial charge in [-0.15, -0.1) is 0 Å². The summed E-state index contributed by atoms with van der Waals surface area (Å²) >= 11 is 0. The second-order valence-corrected chi connectivity index (χ2v) is 5.48. The van der Waals surface area contributed by atoms with Gasteiger partial charge in [0.05, 0.1) is 12.1 Å². The number of ether oxygens (including phenoxy) is 1. The highest BCUT2D eigenvalue weighted by molar-refractivity contribution is 4.89. The lowest BCUT2D eigenvalue weighted by atomic mass is 9.97. The molecule has 2 N–H and O–H groups in total. The van der Waals surface area contributed by atoms with E-state index in [4.69, 9.17) is 10.5 Å². The summed E-state index contributed by atoms with van der Waals surface area (Å²) in [4.78, 5) is 2.47. The molecular weight excluding hydrogens is 200 g/mol. The van der Waals surface area contributed by atoms with Crippen molar-refractivity contribution in [3.05, 3.63) is 0 Å². The second kappa shape index (κ2) is 7.25. The molecule has 0 bridgehead atoms. The fourth-order valence-electron chi connectivity index (χ4n) is 2.03. The molecule has 0 rings (SSSR count). The Morgan fingerprint density at radius 1 is 1.25 bits per heavy atom. The zero-order chi connectivity index (χ0) is 12.8. The lowest BCUT2D eigenvalue weighted by Gasteiger charge is -2.44. The van der Waals surface area contributed by atoms with E-state index in [0.717, 1.165) is 13.2 Å². The zero-order valence-corrected chi connectivity index (χ0v) is 11.9. The van der Waals surface area contributed by atoms with Gasteiger partial charge in [0.25, 0.3) is 0 Å². The highest BCUT2D eigenvalue weighted by Gasteiger charge is 2.32. The third-order valence-corrected chi connectivity index (χ3v) is 2.94. The second-order valence-electron chi connectivity index (χ2n) is 5.48. The summed E-state index contributed by atoms with van der Waals surface area (Å²) < 4.78 is 5.58. The standard InChI is InChI=1S/C13H30N2O/c1-7-16-10-13(6,9-14)15(12(4)5)8-11(2)3/h11-12H,7-10,14H2,1-6H3. The summed E-state index contributed by atoms with van der Waals surface area (Å²) in [6.07, 6.45) is 0. The number of hydrogen-bond acceptors (Lipinski definition) is 3. The first kappa shape index (κ1) is 15.9. The Morgan fingerprint density at radius 3 is 2.12 bits per heavy atom. The average molecular weight is 230 g/mol. The lowest BCUT2D eigenvalue weighted by Crippen LogP contribution is -2.58. The van der Waals surface area contributed by atoms with Gasteiger partial charge in [-0.25, -0.2) is 0 Å². The summed E-state index contributed by atoms with van der Waals surface area (Å²) in [6, 6.07) is 0.497. The zero-order valence-electron chi connectivity index (χ0n) is 11.9. The topological polar surface area (TPSA) is 38.5 Å². The van der Waals surface area contributed by atoms with E-state index >= 15 is 0 Å². The molecule has 0 aliphatic carbocycles. The van der Waals surface area contributed by atoms with Crippen molar-refractivity contribution in [2.75, 3.05) is 26.3 Å². The Labute approximate surface area is 101 Å². The van der Waals surface area contributed by atoms with Crippen LogP contribution in [-0.2, 0) is 4.74 Å². The minimum atomic E-state index is -0.0472. The molecule has 3 nitrogen and oxygen atoms in total. The summed E-state index contributed by atoms with van der Waals surface area (Å²) in [5.41, 5.74) is 5.89. The van der Waals surface area contributed by atoms with Crippen molar-refractivity contribution in [1.29, 1.82) is 0 Å². The van der Waals surface area contributed by atoms with Crippen molar-refractivity contribution in [2.24, 2.45) is 11.7 Å². The van der Waals surface area contributed by atoms with Gasteiger partial charge >= 0.3 is 0 Å². The van der Waals surface area contributed by atoms with Gasteiger partial charge in [-0.2, -0.15) is 0 Å². The summed E-state index contributed by atoms with van der Waals surface area (Å²) in [6.45, 7) is 16.3. The van der Waals surface area contributed by atoms with E-state index in [1.54, 1.807) is 0 Å². The highest BCUT2D eigenvalue weighted by atomic mass is 16.5. The predicted molar refractivity (Wildman–Crippen MR) is 70.6 cm³/mol. The molecule has 0 aliphatic heterocycles. The van der Waals surface area contributed by atoms with Crippen molar-refractivity contribution in [1.82, 2.24) is 4.90 Å². The molecule has 0 heterocycles. The van der Waals surface area contributed by atoms with E-state index < -0.39 is 0 Å². The van der Waals surface area contributed by atoms with Gasteiger partial charge in [0, 0.05) is 25.7 Å². The maximum Gasteiger partial charge on any atom is 0.0660 e. The number of nitrogens with zero attached hydrogens (tertiary/aromatic N) is 1. The van der Waals surface area contributed by atoms with Gasteiger partial charge in [-0.3, -0.25) is 4.90 Å². The van der Waals surface area contributed by atoms with Crippen LogP contribution in [0.3, 0.4) is 0 Å². The first-order chi connectivity index (χ1) is 7.37. The average Bonchev–Trinajstić information content (AvgIpc) is 2.22. The van der Waals surface area contributed by atoms with E-state index in [1.807, 2.05) is 6.92 Å². The Morgan fingerprint density at radius 2 is 1.81 bits per heavy atom. The molecule has 1 unspecified atom stereocenters. The van der Waals surface area contributed by atoms with Crippen LogP contribution < -0.4 is 5.73 Å². The maximum absolute atomic E-state index is 5.94. The Kier molecular flexibility index (Phi) is 7.20. The summed E-state index contributed by atoms with van der Waals surface area (Å²) in [5, 5.41) is 0. The third kappa shape index (κ3) is 4.81. The van der Waals surface area contributed by atoms with Gasteiger partial charge in [-0.1, -0.05) is 13.8 Å². The molecule has 0 aromatic heterocycles. The Balaban J connectivity index is 4.67. The van der Waals surface area contributed by atoms with Crippen molar-refractivity contribution >= 4 is 0 Å². The van der Waals surface area contributed by atoms with Crippen molar-refractivity contribution in [3.8, 4) is 0 Å². The minimum Gasteiger partial charge on any atom is -0.380 e. The smallest absolute Gasteiger partial charge is 0.0660 e. The number of nitrogens with two attached hydrogens (primary N) is 1. The summed E-state index contributed by atoms with van der Waals surface area (Å²) in [5.74, 6) is 0.648. The van der Waals surface area contributed by atoms with E-state index in [2.05, 4.69) is 39.5 Å². The largest absolute Gasteiger partial charge is 0.380 e. The Bertz CT molecular complexity index is 183. The quantitative estimate of drug-likeness (QED) is 0.694. The van der Waals surface area contributed by atoms with Crippen LogP contribution in [0, 0.1) is 5.92 Å². The first-order valence-corrected chi connectivity index (χ1v) is 6.42. The van der Waals surface area contributed by atoms with Crippen LogP contribution in [0.4, 0.5) is 0 Å². The molecule has 0 amide bonds. The van der Waals surface area contributed by atoms with E-state index in [0.29, 0.717) is 25.1 Å². The third-order valence-electron chi connectivity index (χ3n) is 2.94. The van der Waals surface area contributed by atoms with E-state index in [-0.39, 0.29) is 5.54 Å². The van der Waals surface area contributed by atoms with Crippen LogP contribution in [0.2, 0.25) is 0 Å². The van der Waals surface area contributed by atoms with Crippen LogP contribution >= 0.6 is 0 Å². The molecule has 3 heteroatoms. The van der Waals surface area contributed by atoms with Gasteiger partial charge < -0.3 is 10.5 Å². The predicted octanol–water partition coefficient (Wildman–Crippen LogP) is 2.11. The molecular formula is C13H30N2O. The monoisotopic (exact) mass is 230 g/mol. The van der Waals surface area contributed by atoms with Crippen molar-refractivity contribution in [3.63, 3.8) is 0 Å². The van der Waals surface area contributed by atoms with E-state index in [9.17, 15) is 0 Å². The normalized spacial score (nSPS) is 16.1. The first-order valence-electron chi connectivity index (χ1n) is 6.42.